The van der Waals surface area contributed by atoms with Gasteiger partial charge in [0.1, 0.15) is 0 Å². The largest absolute Gasteiger partial charge is 0.341 e. The minimum absolute atomic E-state index is 0.122. The average Bonchev–Trinajstić information content (AvgIpc) is 1.86. The number of nitrogens with one attached hydrogen (secondary N) is 2. The average molecular weight is 158 g/mol. The van der Waals surface area contributed by atoms with E-state index in [1.165, 1.54) is 0 Å². The van der Waals surface area contributed by atoms with Crippen LogP contribution in [0, 0.1) is 5.92 Å². The van der Waals surface area contributed by atoms with E-state index in [-0.39, 0.29) is 11.6 Å². The first-order chi connectivity index (χ1) is 4.90. The number of carbonyl (C=O) groups excluding carboxylic acids is 1. The SMILES string of the molecule is CNC(=O)NC(C)(C)C(C)C. The number of urea groups is 1. The molecule has 2 N–H and O–H groups in total. The zero-order chi connectivity index (χ0) is 9.07. The van der Waals surface area contributed by atoms with Crippen molar-refractivity contribution in [2.45, 2.75) is 33.2 Å². The molecule has 0 bridgehead atoms. The van der Waals surface area contributed by atoms with Crippen molar-refractivity contribution in [2.24, 2.45) is 5.92 Å². The maximum atomic E-state index is 10.9. The summed E-state index contributed by atoms with van der Waals surface area (Å²) in [5.74, 6) is 0.430. The summed E-state index contributed by atoms with van der Waals surface area (Å²) in [4.78, 5) is 10.9. The molecule has 0 aromatic carbocycles. The Balaban J connectivity index is 4.01. The van der Waals surface area contributed by atoms with E-state index in [9.17, 15) is 4.79 Å². The van der Waals surface area contributed by atoms with E-state index in [1.807, 2.05) is 13.8 Å². The Labute approximate surface area is 68.6 Å². The van der Waals surface area contributed by atoms with Crippen molar-refractivity contribution < 1.29 is 4.79 Å². The number of amides is 2. The predicted molar refractivity (Wildman–Crippen MR) is 46.5 cm³/mol. The molecule has 0 atom stereocenters. The Bertz CT molecular complexity index is 141. The van der Waals surface area contributed by atoms with Crippen LogP contribution in [-0.2, 0) is 0 Å². The van der Waals surface area contributed by atoms with Crippen molar-refractivity contribution in [3.63, 3.8) is 0 Å². The molecule has 0 aromatic heterocycles. The summed E-state index contributed by atoms with van der Waals surface area (Å²) in [5, 5.41) is 5.38. The third-order valence-electron chi connectivity index (χ3n) is 2.11. The Morgan fingerprint density at radius 3 is 2.09 bits per heavy atom. The lowest BCUT2D eigenvalue weighted by atomic mass is 9.91. The molecule has 0 saturated carbocycles. The highest BCUT2D eigenvalue weighted by molar-refractivity contribution is 5.74. The van der Waals surface area contributed by atoms with Crippen LogP contribution in [0.4, 0.5) is 4.79 Å². The fourth-order valence-corrected chi connectivity index (χ4v) is 0.499. The molecule has 3 heteroatoms. The van der Waals surface area contributed by atoms with Gasteiger partial charge in [0.2, 0.25) is 0 Å². The molecule has 2 amide bonds. The Morgan fingerprint density at radius 1 is 1.36 bits per heavy atom. The van der Waals surface area contributed by atoms with Gasteiger partial charge >= 0.3 is 6.03 Å². The molecule has 0 saturated heterocycles. The lowest BCUT2D eigenvalue weighted by Crippen LogP contribution is -2.50. The summed E-state index contributed by atoms with van der Waals surface area (Å²) in [5.41, 5.74) is -0.139. The molecule has 0 spiro atoms. The van der Waals surface area contributed by atoms with Crippen LogP contribution in [0.5, 0.6) is 0 Å². The maximum Gasteiger partial charge on any atom is 0.314 e. The van der Waals surface area contributed by atoms with E-state index in [0.717, 1.165) is 0 Å². The third kappa shape index (κ3) is 3.25. The van der Waals surface area contributed by atoms with Gasteiger partial charge in [0.25, 0.3) is 0 Å². The molecule has 0 rings (SSSR count). The molecule has 0 unspecified atom stereocenters. The molecular weight excluding hydrogens is 140 g/mol. The van der Waals surface area contributed by atoms with E-state index in [1.54, 1.807) is 7.05 Å². The Kier molecular flexibility index (Phi) is 3.36. The minimum atomic E-state index is -0.139. The Morgan fingerprint density at radius 2 is 1.82 bits per heavy atom. The molecule has 0 aliphatic carbocycles. The molecule has 0 aromatic rings. The normalized spacial score (nSPS) is 11.5. The zero-order valence-electron chi connectivity index (χ0n) is 7.99. The van der Waals surface area contributed by atoms with Crippen LogP contribution in [0.15, 0.2) is 0 Å². The summed E-state index contributed by atoms with van der Waals surface area (Å²) in [7, 11) is 1.62. The highest BCUT2D eigenvalue weighted by Crippen LogP contribution is 2.14. The fraction of sp³-hybridized carbons (Fsp3) is 0.875. The van der Waals surface area contributed by atoms with Crippen molar-refractivity contribution in [2.75, 3.05) is 7.05 Å². The maximum absolute atomic E-state index is 10.9. The van der Waals surface area contributed by atoms with Crippen LogP contribution in [0.2, 0.25) is 0 Å². The Hall–Kier alpha value is -0.730. The number of hydrogen-bond donors (Lipinski definition) is 2. The lowest BCUT2D eigenvalue weighted by Gasteiger charge is -2.30. The molecule has 0 fully saturated rings. The first kappa shape index (κ1) is 10.3. The number of rotatable bonds is 2. The summed E-state index contributed by atoms with van der Waals surface area (Å²) in [6.07, 6.45) is 0. The molecule has 0 heterocycles. The smallest absolute Gasteiger partial charge is 0.314 e. The lowest BCUT2D eigenvalue weighted by molar-refractivity contribution is 0.220. The number of hydrogen-bond acceptors (Lipinski definition) is 1. The molecule has 11 heavy (non-hydrogen) atoms. The van der Waals surface area contributed by atoms with Gasteiger partial charge in [0, 0.05) is 12.6 Å². The molecular formula is C8H18N2O. The van der Waals surface area contributed by atoms with Gasteiger partial charge in [0.05, 0.1) is 0 Å². The molecule has 3 nitrogen and oxygen atoms in total. The second kappa shape index (κ2) is 3.60. The summed E-state index contributed by atoms with van der Waals surface area (Å²) >= 11 is 0. The molecule has 66 valence electrons. The first-order valence-corrected chi connectivity index (χ1v) is 3.90. The van der Waals surface area contributed by atoms with Crippen molar-refractivity contribution in [1.29, 1.82) is 0 Å². The summed E-state index contributed by atoms with van der Waals surface area (Å²) < 4.78 is 0. The van der Waals surface area contributed by atoms with E-state index in [0.29, 0.717) is 5.92 Å². The van der Waals surface area contributed by atoms with Crippen molar-refractivity contribution in [3.05, 3.63) is 0 Å². The quantitative estimate of drug-likeness (QED) is 0.625. The van der Waals surface area contributed by atoms with E-state index in [4.69, 9.17) is 0 Å². The van der Waals surface area contributed by atoms with E-state index < -0.39 is 0 Å². The van der Waals surface area contributed by atoms with Crippen molar-refractivity contribution in [1.82, 2.24) is 10.6 Å². The second-order valence-electron chi connectivity index (χ2n) is 3.58. The van der Waals surface area contributed by atoms with Crippen LogP contribution >= 0.6 is 0 Å². The zero-order valence-corrected chi connectivity index (χ0v) is 7.99. The molecule has 0 aliphatic heterocycles. The van der Waals surface area contributed by atoms with Gasteiger partial charge in [-0.3, -0.25) is 0 Å². The van der Waals surface area contributed by atoms with Gasteiger partial charge in [-0.1, -0.05) is 13.8 Å². The van der Waals surface area contributed by atoms with Gasteiger partial charge in [0.15, 0.2) is 0 Å². The highest BCUT2D eigenvalue weighted by atomic mass is 16.2. The predicted octanol–water partition coefficient (Wildman–Crippen LogP) is 1.35. The van der Waals surface area contributed by atoms with Gasteiger partial charge < -0.3 is 10.6 Å². The van der Waals surface area contributed by atoms with Crippen LogP contribution in [0.25, 0.3) is 0 Å². The van der Waals surface area contributed by atoms with Gasteiger partial charge in [-0.05, 0) is 19.8 Å². The van der Waals surface area contributed by atoms with E-state index >= 15 is 0 Å². The van der Waals surface area contributed by atoms with Crippen LogP contribution in [-0.4, -0.2) is 18.6 Å². The van der Waals surface area contributed by atoms with Gasteiger partial charge in [-0.25, -0.2) is 4.79 Å². The summed E-state index contributed by atoms with van der Waals surface area (Å²) in [6.45, 7) is 8.17. The summed E-state index contributed by atoms with van der Waals surface area (Å²) in [6, 6.07) is -0.122. The fourth-order valence-electron chi connectivity index (χ4n) is 0.499. The highest BCUT2D eigenvalue weighted by Gasteiger charge is 2.23. The topological polar surface area (TPSA) is 41.1 Å². The molecule has 0 aliphatic rings. The second-order valence-corrected chi connectivity index (χ2v) is 3.58. The van der Waals surface area contributed by atoms with Gasteiger partial charge in [-0.15, -0.1) is 0 Å². The minimum Gasteiger partial charge on any atom is -0.341 e. The number of carbonyl (C=O) groups is 1. The molecule has 0 radical (unpaired) electrons. The first-order valence-electron chi connectivity index (χ1n) is 3.90. The van der Waals surface area contributed by atoms with Crippen molar-refractivity contribution in [3.8, 4) is 0 Å². The van der Waals surface area contributed by atoms with Crippen molar-refractivity contribution >= 4 is 6.03 Å². The standard InChI is InChI=1S/C8H18N2O/c1-6(2)8(3,4)10-7(11)9-5/h6H,1-5H3,(H2,9,10,11). The monoisotopic (exact) mass is 158 g/mol. The third-order valence-corrected chi connectivity index (χ3v) is 2.11. The van der Waals surface area contributed by atoms with E-state index in [2.05, 4.69) is 24.5 Å². The van der Waals surface area contributed by atoms with Gasteiger partial charge in [-0.2, -0.15) is 0 Å². The van der Waals surface area contributed by atoms with Crippen LogP contribution in [0.1, 0.15) is 27.7 Å². The van der Waals surface area contributed by atoms with Crippen LogP contribution in [0.3, 0.4) is 0 Å². The van der Waals surface area contributed by atoms with Crippen LogP contribution < -0.4 is 10.6 Å².